The molecule has 10 heteroatoms. The summed E-state index contributed by atoms with van der Waals surface area (Å²) in [5, 5.41) is 15.3. The maximum atomic E-state index is 11.5. The van der Waals surface area contributed by atoms with Gasteiger partial charge in [0.2, 0.25) is 22.8 Å². The third kappa shape index (κ3) is 2.76. The summed E-state index contributed by atoms with van der Waals surface area (Å²) in [6.07, 6.45) is 1.42. The van der Waals surface area contributed by atoms with Crippen molar-refractivity contribution < 1.29 is 14.5 Å². The lowest BCUT2D eigenvalue weighted by Crippen LogP contribution is -2.47. The molecule has 0 saturated carbocycles. The third-order valence-electron chi connectivity index (χ3n) is 2.51. The first-order valence-electron chi connectivity index (χ1n) is 5.24. The molecule has 1 aromatic rings. The van der Waals surface area contributed by atoms with Crippen LogP contribution >= 0.6 is 11.6 Å². The molecule has 1 aromatic heterocycles. The number of aromatic nitrogens is 2. The van der Waals surface area contributed by atoms with Gasteiger partial charge in [0.15, 0.2) is 0 Å². The van der Waals surface area contributed by atoms with E-state index in [1.54, 1.807) is 0 Å². The fourth-order valence-corrected chi connectivity index (χ4v) is 1.82. The SMILES string of the molecule is O=C1CCC(Nc2ncnc(Cl)c2[N+](=O)[O-])C(=O)N1. The number of rotatable bonds is 3. The van der Waals surface area contributed by atoms with E-state index in [-0.39, 0.29) is 29.7 Å². The Labute approximate surface area is 111 Å². The van der Waals surface area contributed by atoms with E-state index < -0.39 is 22.6 Å². The van der Waals surface area contributed by atoms with E-state index in [9.17, 15) is 19.7 Å². The second-order valence-electron chi connectivity index (χ2n) is 3.77. The van der Waals surface area contributed by atoms with Crippen molar-refractivity contribution >= 4 is 34.9 Å². The van der Waals surface area contributed by atoms with Crippen molar-refractivity contribution in [2.75, 3.05) is 5.32 Å². The molecule has 100 valence electrons. The van der Waals surface area contributed by atoms with Crippen molar-refractivity contribution in [3.05, 3.63) is 21.6 Å². The van der Waals surface area contributed by atoms with Crippen molar-refractivity contribution in [1.29, 1.82) is 0 Å². The lowest BCUT2D eigenvalue weighted by atomic mass is 10.1. The highest BCUT2D eigenvalue weighted by atomic mass is 35.5. The van der Waals surface area contributed by atoms with Gasteiger partial charge in [0, 0.05) is 6.42 Å². The first-order valence-corrected chi connectivity index (χ1v) is 5.62. The molecule has 0 aliphatic carbocycles. The van der Waals surface area contributed by atoms with Crippen molar-refractivity contribution in [2.45, 2.75) is 18.9 Å². The van der Waals surface area contributed by atoms with Crippen LogP contribution < -0.4 is 10.6 Å². The van der Waals surface area contributed by atoms with Gasteiger partial charge < -0.3 is 5.32 Å². The Kier molecular flexibility index (Phi) is 3.56. The molecule has 1 aliphatic rings. The standard InChI is InChI=1S/C9H8ClN5O4/c10-7-6(15(18)19)8(12-3-11-7)13-4-1-2-5(16)14-9(4)17/h3-4H,1-2H2,(H,11,12,13)(H,14,16,17). The van der Waals surface area contributed by atoms with Gasteiger partial charge in [-0.25, -0.2) is 9.97 Å². The number of nitrogens with one attached hydrogen (secondary N) is 2. The minimum absolute atomic E-state index is 0.149. The van der Waals surface area contributed by atoms with E-state index in [1.807, 2.05) is 0 Å². The van der Waals surface area contributed by atoms with Crippen LogP contribution in [0, 0.1) is 10.1 Å². The average Bonchev–Trinajstić information content (AvgIpc) is 2.32. The highest BCUT2D eigenvalue weighted by Gasteiger charge is 2.30. The molecule has 0 spiro atoms. The summed E-state index contributed by atoms with van der Waals surface area (Å²) in [4.78, 5) is 39.8. The van der Waals surface area contributed by atoms with Crippen molar-refractivity contribution in [2.24, 2.45) is 0 Å². The molecular formula is C9H8ClN5O4. The zero-order valence-electron chi connectivity index (χ0n) is 9.42. The second-order valence-corrected chi connectivity index (χ2v) is 4.12. The van der Waals surface area contributed by atoms with Crippen LogP contribution in [0.15, 0.2) is 6.33 Å². The topological polar surface area (TPSA) is 127 Å². The summed E-state index contributed by atoms with van der Waals surface area (Å²) in [6.45, 7) is 0. The molecule has 2 amide bonds. The summed E-state index contributed by atoms with van der Waals surface area (Å²) >= 11 is 5.61. The highest BCUT2D eigenvalue weighted by Crippen LogP contribution is 2.29. The van der Waals surface area contributed by atoms with Gasteiger partial charge in [-0.1, -0.05) is 11.6 Å². The maximum absolute atomic E-state index is 11.5. The van der Waals surface area contributed by atoms with Gasteiger partial charge in [-0.05, 0) is 6.42 Å². The first kappa shape index (κ1) is 13.1. The molecule has 0 radical (unpaired) electrons. The number of piperidine rings is 1. The van der Waals surface area contributed by atoms with Crippen molar-refractivity contribution in [1.82, 2.24) is 15.3 Å². The molecule has 1 aliphatic heterocycles. The number of nitrogens with zero attached hydrogens (tertiary/aromatic N) is 3. The summed E-state index contributed by atoms with van der Waals surface area (Å²) < 4.78 is 0. The number of amides is 2. The van der Waals surface area contributed by atoms with Crippen LogP contribution in [-0.2, 0) is 9.59 Å². The van der Waals surface area contributed by atoms with Crippen molar-refractivity contribution in [3.8, 4) is 0 Å². The van der Waals surface area contributed by atoms with Gasteiger partial charge in [-0.3, -0.25) is 25.0 Å². The predicted octanol–water partition coefficient (Wildman–Crippen LogP) is 0.255. The number of halogens is 1. The van der Waals surface area contributed by atoms with Crippen LogP contribution in [0.25, 0.3) is 0 Å². The molecule has 0 bridgehead atoms. The molecule has 2 rings (SSSR count). The van der Waals surface area contributed by atoms with Crippen LogP contribution in [0.5, 0.6) is 0 Å². The maximum Gasteiger partial charge on any atom is 0.348 e. The number of anilines is 1. The van der Waals surface area contributed by atoms with Crippen LogP contribution in [0.2, 0.25) is 5.15 Å². The number of carbonyl (C=O) groups is 2. The fourth-order valence-electron chi connectivity index (χ4n) is 1.62. The van der Waals surface area contributed by atoms with Crippen LogP contribution in [0.4, 0.5) is 11.5 Å². The number of nitro groups is 1. The molecule has 1 saturated heterocycles. The van der Waals surface area contributed by atoms with Gasteiger partial charge in [0.25, 0.3) is 0 Å². The lowest BCUT2D eigenvalue weighted by Gasteiger charge is -2.21. The summed E-state index contributed by atoms with van der Waals surface area (Å²) in [7, 11) is 0. The van der Waals surface area contributed by atoms with E-state index in [4.69, 9.17) is 11.6 Å². The summed E-state index contributed by atoms with van der Waals surface area (Å²) in [5.41, 5.74) is -0.506. The highest BCUT2D eigenvalue weighted by molar-refractivity contribution is 6.31. The molecule has 2 N–H and O–H groups in total. The van der Waals surface area contributed by atoms with Gasteiger partial charge in [-0.2, -0.15) is 0 Å². The molecule has 9 nitrogen and oxygen atoms in total. The smallest absolute Gasteiger partial charge is 0.348 e. The predicted molar refractivity (Wildman–Crippen MR) is 63.5 cm³/mol. The Balaban J connectivity index is 2.24. The molecule has 1 atom stereocenters. The molecule has 0 aromatic carbocycles. The van der Waals surface area contributed by atoms with Crippen LogP contribution in [0.3, 0.4) is 0 Å². The largest absolute Gasteiger partial charge is 0.352 e. The van der Waals surface area contributed by atoms with E-state index in [0.29, 0.717) is 0 Å². The fraction of sp³-hybridized carbons (Fsp3) is 0.333. The van der Waals surface area contributed by atoms with Gasteiger partial charge in [-0.15, -0.1) is 0 Å². The summed E-state index contributed by atoms with van der Waals surface area (Å²) in [5.74, 6) is -1.09. The van der Waals surface area contributed by atoms with Crippen LogP contribution in [0.1, 0.15) is 12.8 Å². The summed E-state index contributed by atoms with van der Waals surface area (Å²) in [6, 6.07) is -0.776. The Morgan fingerprint density at radius 2 is 2.21 bits per heavy atom. The number of hydrogen-bond donors (Lipinski definition) is 2. The van der Waals surface area contributed by atoms with Gasteiger partial charge >= 0.3 is 5.69 Å². The van der Waals surface area contributed by atoms with E-state index in [2.05, 4.69) is 20.6 Å². The molecule has 1 fully saturated rings. The molecule has 2 heterocycles. The van der Waals surface area contributed by atoms with Crippen molar-refractivity contribution in [3.63, 3.8) is 0 Å². The Hall–Kier alpha value is -2.29. The molecular weight excluding hydrogens is 278 g/mol. The minimum Gasteiger partial charge on any atom is -0.352 e. The monoisotopic (exact) mass is 285 g/mol. The van der Waals surface area contributed by atoms with Crippen LogP contribution in [-0.4, -0.2) is 32.7 Å². The number of hydrogen-bond acceptors (Lipinski definition) is 7. The Bertz CT molecular complexity index is 564. The zero-order valence-corrected chi connectivity index (χ0v) is 10.2. The first-order chi connectivity index (χ1) is 8.99. The Morgan fingerprint density at radius 1 is 1.47 bits per heavy atom. The number of imide groups is 1. The van der Waals surface area contributed by atoms with E-state index in [0.717, 1.165) is 6.33 Å². The van der Waals surface area contributed by atoms with Gasteiger partial charge in [0.1, 0.15) is 12.4 Å². The second kappa shape index (κ2) is 5.14. The Morgan fingerprint density at radius 3 is 2.84 bits per heavy atom. The lowest BCUT2D eigenvalue weighted by molar-refractivity contribution is -0.384. The third-order valence-corrected chi connectivity index (χ3v) is 2.79. The molecule has 1 unspecified atom stereocenters. The zero-order chi connectivity index (χ0) is 14.0. The van der Waals surface area contributed by atoms with Gasteiger partial charge in [0.05, 0.1) is 4.92 Å². The van der Waals surface area contributed by atoms with E-state index >= 15 is 0 Å². The number of carbonyl (C=O) groups excluding carboxylic acids is 2. The quantitative estimate of drug-likeness (QED) is 0.353. The molecule has 19 heavy (non-hydrogen) atoms. The minimum atomic E-state index is -0.776. The van der Waals surface area contributed by atoms with E-state index in [1.165, 1.54) is 0 Å². The normalized spacial score (nSPS) is 18.9. The average molecular weight is 286 g/mol.